The molecule has 0 unspecified atom stereocenters. The average molecular weight is 335 g/mol. The highest BCUT2D eigenvalue weighted by atomic mass is 32.2. The summed E-state index contributed by atoms with van der Waals surface area (Å²) >= 11 is 0. The molecule has 5 nitrogen and oxygen atoms in total. The Hall–Kier alpha value is -2.02. The molecule has 122 valence electrons. The van der Waals surface area contributed by atoms with Crippen LogP contribution < -0.4 is 5.32 Å². The van der Waals surface area contributed by atoms with Gasteiger partial charge >= 0.3 is 0 Å². The zero-order chi connectivity index (χ0) is 16.5. The van der Waals surface area contributed by atoms with Crippen LogP contribution in [0.15, 0.2) is 36.4 Å². The lowest BCUT2D eigenvalue weighted by molar-refractivity contribution is 0.560. The molecule has 1 aromatic carbocycles. The molecule has 2 aromatic rings. The van der Waals surface area contributed by atoms with Gasteiger partial charge in [0, 0.05) is 23.8 Å². The molecule has 1 aliphatic rings. The van der Waals surface area contributed by atoms with E-state index in [0.29, 0.717) is 18.1 Å². The summed E-state index contributed by atoms with van der Waals surface area (Å²) in [6, 6.07) is 9.66. The van der Waals surface area contributed by atoms with E-state index in [0.717, 1.165) is 18.4 Å². The number of sulfone groups is 1. The predicted molar refractivity (Wildman–Crippen MR) is 87.3 cm³/mol. The molecule has 0 spiro atoms. The second-order valence-electron chi connectivity index (χ2n) is 6.23. The molecule has 1 aromatic heterocycles. The largest absolute Gasteiger partial charge is 0.368 e. The van der Waals surface area contributed by atoms with Gasteiger partial charge in [0.15, 0.2) is 0 Å². The van der Waals surface area contributed by atoms with Crippen molar-refractivity contribution in [1.29, 1.82) is 0 Å². The van der Waals surface area contributed by atoms with E-state index in [4.69, 9.17) is 0 Å². The Morgan fingerprint density at radius 1 is 1.13 bits per heavy atom. The Balaban J connectivity index is 1.63. The maximum Gasteiger partial charge on any atom is 0.148 e. The summed E-state index contributed by atoms with van der Waals surface area (Å²) in [4.78, 5) is 0. The fourth-order valence-electron chi connectivity index (χ4n) is 2.58. The summed E-state index contributed by atoms with van der Waals surface area (Å²) in [5.41, 5.74) is 1.29. The Morgan fingerprint density at radius 2 is 1.83 bits per heavy atom. The number of rotatable bonds is 6. The van der Waals surface area contributed by atoms with Crippen LogP contribution in [0.4, 0.5) is 10.2 Å². The fourth-order valence-corrected chi connectivity index (χ4v) is 4.09. The van der Waals surface area contributed by atoms with Crippen LogP contribution in [0.3, 0.4) is 0 Å². The molecule has 7 heteroatoms. The highest BCUT2D eigenvalue weighted by Crippen LogP contribution is 2.46. The Kier molecular flexibility index (Phi) is 4.06. The van der Waals surface area contributed by atoms with Gasteiger partial charge in [0.2, 0.25) is 0 Å². The minimum atomic E-state index is -2.98. The minimum absolute atomic E-state index is 0.162. The van der Waals surface area contributed by atoms with Gasteiger partial charge in [-0.3, -0.25) is 0 Å². The van der Waals surface area contributed by atoms with Crippen molar-refractivity contribution in [3.05, 3.63) is 42.2 Å². The monoisotopic (exact) mass is 335 g/mol. The summed E-state index contributed by atoms with van der Waals surface area (Å²) in [7, 11) is -2.98. The lowest BCUT2D eigenvalue weighted by atomic mass is 10.1. The third-order valence-electron chi connectivity index (χ3n) is 3.97. The molecule has 0 radical (unpaired) electrons. The van der Waals surface area contributed by atoms with Crippen molar-refractivity contribution in [2.45, 2.75) is 12.8 Å². The molecule has 0 amide bonds. The summed E-state index contributed by atoms with van der Waals surface area (Å²) in [5.74, 6) is 0.518. The van der Waals surface area contributed by atoms with Crippen LogP contribution in [0.1, 0.15) is 12.8 Å². The van der Waals surface area contributed by atoms with Gasteiger partial charge < -0.3 is 5.32 Å². The first kappa shape index (κ1) is 15.9. The maximum atomic E-state index is 12.9. The zero-order valence-electron chi connectivity index (χ0n) is 12.8. The van der Waals surface area contributed by atoms with E-state index >= 15 is 0 Å². The van der Waals surface area contributed by atoms with Crippen molar-refractivity contribution in [3.8, 4) is 11.3 Å². The minimum Gasteiger partial charge on any atom is -0.368 e. The number of hydrogen-bond donors (Lipinski definition) is 1. The molecule has 0 atom stereocenters. The Morgan fingerprint density at radius 3 is 2.35 bits per heavy atom. The number of aromatic nitrogens is 2. The second-order valence-corrected chi connectivity index (χ2v) is 8.37. The van der Waals surface area contributed by atoms with Crippen LogP contribution >= 0.6 is 0 Å². The molecule has 1 fully saturated rings. The number of benzene rings is 1. The predicted octanol–water partition coefficient (Wildman–Crippen LogP) is 2.52. The van der Waals surface area contributed by atoms with E-state index < -0.39 is 9.84 Å². The van der Waals surface area contributed by atoms with Crippen LogP contribution in [0, 0.1) is 11.2 Å². The lowest BCUT2D eigenvalue weighted by Gasteiger charge is -2.15. The molecule has 23 heavy (non-hydrogen) atoms. The van der Waals surface area contributed by atoms with Crippen molar-refractivity contribution < 1.29 is 12.8 Å². The Bertz CT molecular complexity index is 785. The molecule has 0 bridgehead atoms. The second kappa shape index (κ2) is 5.88. The molecule has 1 aliphatic carbocycles. The first-order valence-corrected chi connectivity index (χ1v) is 9.43. The number of hydrogen-bond acceptors (Lipinski definition) is 5. The smallest absolute Gasteiger partial charge is 0.148 e. The molecular weight excluding hydrogens is 317 g/mol. The van der Waals surface area contributed by atoms with Crippen LogP contribution in [-0.4, -0.2) is 37.2 Å². The zero-order valence-corrected chi connectivity index (χ0v) is 13.6. The maximum absolute atomic E-state index is 12.9. The molecule has 3 rings (SSSR count). The van der Waals surface area contributed by atoms with Gasteiger partial charge in [-0.25, -0.2) is 12.8 Å². The average Bonchev–Trinajstić information content (AvgIpc) is 3.24. The van der Waals surface area contributed by atoms with Crippen LogP contribution in [0.5, 0.6) is 0 Å². The lowest BCUT2D eigenvalue weighted by Crippen LogP contribution is -2.24. The van der Waals surface area contributed by atoms with Crippen LogP contribution in [-0.2, 0) is 9.84 Å². The van der Waals surface area contributed by atoms with Gasteiger partial charge in [0.05, 0.1) is 11.4 Å². The van der Waals surface area contributed by atoms with Gasteiger partial charge in [0.1, 0.15) is 21.5 Å². The summed E-state index contributed by atoms with van der Waals surface area (Å²) in [6.45, 7) is 0.574. The molecular formula is C16H18FN3O2S. The summed E-state index contributed by atoms with van der Waals surface area (Å²) in [5, 5.41) is 11.4. The highest BCUT2D eigenvalue weighted by Gasteiger charge is 2.45. The van der Waals surface area contributed by atoms with Crippen molar-refractivity contribution >= 4 is 15.7 Å². The van der Waals surface area contributed by atoms with E-state index in [1.807, 2.05) is 0 Å². The third-order valence-corrected chi connectivity index (χ3v) is 5.11. The number of anilines is 1. The van der Waals surface area contributed by atoms with E-state index in [1.165, 1.54) is 18.4 Å². The Labute approximate surface area is 134 Å². The highest BCUT2D eigenvalue weighted by molar-refractivity contribution is 7.90. The molecule has 1 saturated carbocycles. The van der Waals surface area contributed by atoms with E-state index in [2.05, 4.69) is 15.5 Å². The van der Waals surface area contributed by atoms with E-state index in [1.54, 1.807) is 24.3 Å². The summed E-state index contributed by atoms with van der Waals surface area (Å²) < 4.78 is 35.8. The molecule has 1 N–H and O–H groups in total. The molecule has 0 aliphatic heterocycles. The summed E-state index contributed by atoms with van der Waals surface area (Å²) in [6.07, 6.45) is 3.09. The third kappa shape index (κ3) is 4.25. The van der Waals surface area contributed by atoms with E-state index in [-0.39, 0.29) is 17.0 Å². The van der Waals surface area contributed by atoms with Crippen LogP contribution in [0.25, 0.3) is 11.3 Å². The number of nitrogens with zero attached hydrogens (tertiary/aromatic N) is 2. The molecule has 0 saturated heterocycles. The normalized spacial score (nSPS) is 16.1. The quantitative estimate of drug-likeness (QED) is 0.878. The first-order valence-electron chi connectivity index (χ1n) is 7.37. The van der Waals surface area contributed by atoms with Gasteiger partial charge in [0.25, 0.3) is 0 Å². The van der Waals surface area contributed by atoms with Crippen molar-refractivity contribution in [2.24, 2.45) is 5.41 Å². The molecule has 1 heterocycles. The van der Waals surface area contributed by atoms with Gasteiger partial charge in [-0.05, 0) is 49.2 Å². The number of nitrogens with one attached hydrogen (secondary N) is 1. The first-order chi connectivity index (χ1) is 10.9. The van der Waals surface area contributed by atoms with Crippen molar-refractivity contribution in [3.63, 3.8) is 0 Å². The van der Waals surface area contributed by atoms with Crippen LogP contribution in [0.2, 0.25) is 0 Å². The van der Waals surface area contributed by atoms with Gasteiger partial charge in [-0.2, -0.15) is 0 Å². The number of halogens is 1. The topological polar surface area (TPSA) is 72.0 Å². The van der Waals surface area contributed by atoms with Gasteiger partial charge in [-0.15, -0.1) is 10.2 Å². The van der Waals surface area contributed by atoms with Crippen molar-refractivity contribution in [1.82, 2.24) is 10.2 Å². The fraction of sp³-hybridized carbons (Fsp3) is 0.375. The SMILES string of the molecule is CS(=O)(=O)CC1(CNc2ccc(-c3ccc(F)cc3)nn2)CC1. The van der Waals surface area contributed by atoms with Gasteiger partial charge in [-0.1, -0.05) is 0 Å². The standard InChI is InChI=1S/C16H18FN3O2S/c1-23(21,22)11-16(8-9-16)10-18-15-7-6-14(19-20-15)12-2-4-13(17)5-3-12/h2-7H,8-11H2,1H3,(H,18,20). The van der Waals surface area contributed by atoms with Crippen molar-refractivity contribution in [2.75, 3.05) is 23.9 Å². The van der Waals surface area contributed by atoms with E-state index in [9.17, 15) is 12.8 Å².